The van der Waals surface area contributed by atoms with Crippen LogP contribution in [0.3, 0.4) is 0 Å². The molecule has 1 fully saturated rings. The maximum absolute atomic E-state index is 11.3. The molecule has 0 saturated heterocycles. The van der Waals surface area contributed by atoms with Gasteiger partial charge in [-0.2, -0.15) is 0 Å². The van der Waals surface area contributed by atoms with Gasteiger partial charge in [-0.25, -0.2) is 0 Å². The first kappa shape index (κ1) is 9.45. The van der Waals surface area contributed by atoms with Crippen LogP contribution in [0.4, 0.5) is 0 Å². The largest absolute Gasteiger partial charge is 0.290 e. The summed E-state index contributed by atoms with van der Waals surface area (Å²) in [5.74, 6) is 0.130. The molecule has 0 amide bonds. The molecule has 0 aromatic heterocycles. The van der Waals surface area contributed by atoms with Gasteiger partial charge in [0.2, 0.25) is 0 Å². The number of hydrogen-bond acceptors (Lipinski definition) is 1. The predicted molar refractivity (Wildman–Crippen MR) is 57.9 cm³/mol. The number of ketones is 1. The van der Waals surface area contributed by atoms with Gasteiger partial charge in [-0.15, -0.1) is 0 Å². The first-order valence-corrected chi connectivity index (χ1v) is 5.17. The van der Waals surface area contributed by atoms with Crippen molar-refractivity contribution in [1.82, 2.24) is 0 Å². The molecule has 1 spiro atoms. The number of carbonyl (C=O) groups is 1. The number of rotatable bonds is 0. The van der Waals surface area contributed by atoms with Gasteiger partial charge in [0.1, 0.15) is 0 Å². The van der Waals surface area contributed by atoms with E-state index in [0.29, 0.717) is 0 Å². The molecule has 14 heavy (non-hydrogen) atoms. The van der Waals surface area contributed by atoms with E-state index < -0.39 is 0 Å². The van der Waals surface area contributed by atoms with E-state index in [1.807, 2.05) is 0 Å². The third-order valence-corrected chi connectivity index (χ3v) is 3.70. The van der Waals surface area contributed by atoms with E-state index in [-0.39, 0.29) is 11.2 Å². The summed E-state index contributed by atoms with van der Waals surface area (Å²) in [6, 6.07) is 0. The maximum atomic E-state index is 11.3. The number of carbonyl (C=O) groups excluding carboxylic acids is 1. The van der Waals surface area contributed by atoms with Crippen LogP contribution in [-0.4, -0.2) is 5.78 Å². The molecule has 0 bridgehead atoms. The van der Waals surface area contributed by atoms with Gasteiger partial charge in [0.05, 0.1) is 0 Å². The Morgan fingerprint density at radius 3 is 2.29 bits per heavy atom. The van der Waals surface area contributed by atoms with Gasteiger partial charge < -0.3 is 0 Å². The van der Waals surface area contributed by atoms with Crippen LogP contribution in [0.15, 0.2) is 35.5 Å². The van der Waals surface area contributed by atoms with Crippen LogP contribution in [0, 0.1) is 5.41 Å². The van der Waals surface area contributed by atoms with Gasteiger partial charge in [-0.3, -0.25) is 4.79 Å². The van der Waals surface area contributed by atoms with Crippen LogP contribution in [0.2, 0.25) is 0 Å². The van der Waals surface area contributed by atoms with E-state index in [2.05, 4.69) is 20.4 Å². The number of allylic oxidation sites excluding steroid dienone is 5. The summed E-state index contributed by atoms with van der Waals surface area (Å²) in [7, 11) is 0. The van der Waals surface area contributed by atoms with Crippen molar-refractivity contribution < 1.29 is 4.79 Å². The van der Waals surface area contributed by atoms with Crippen molar-refractivity contribution in [2.75, 3.05) is 0 Å². The molecule has 0 heterocycles. The highest BCUT2D eigenvalue weighted by Crippen LogP contribution is 2.53. The Kier molecular flexibility index (Phi) is 1.99. The zero-order chi connectivity index (χ0) is 10.3. The van der Waals surface area contributed by atoms with Crippen molar-refractivity contribution in [3.8, 4) is 0 Å². The van der Waals surface area contributed by atoms with Crippen molar-refractivity contribution in [3.63, 3.8) is 0 Å². The molecule has 0 aliphatic heterocycles. The lowest BCUT2D eigenvalue weighted by atomic mass is 9.68. The van der Waals surface area contributed by atoms with E-state index >= 15 is 0 Å². The first-order valence-electron chi connectivity index (χ1n) is 5.17. The Morgan fingerprint density at radius 2 is 1.86 bits per heavy atom. The minimum atomic E-state index is 0.0356. The molecule has 2 rings (SSSR count). The van der Waals surface area contributed by atoms with Crippen molar-refractivity contribution in [2.45, 2.75) is 33.1 Å². The van der Waals surface area contributed by atoms with E-state index in [4.69, 9.17) is 0 Å². The van der Waals surface area contributed by atoms with Crippen LogP contribution >= 0.6 is 0 Å². The second-order valence-corrected chi connectivity index (χ2v) is 4.42. The molecule has 0 atom stereocenters. The normalized spacial score (nSPS) is 25.3. The highest BCUT2D eigenvalue weighted by molar-refractivity contribution is 6.02. The molecule has 0 aromatic carbocycles. The Balaban J connectivity index is 2.53. The van der Waals surface area contributed by atoms with E-state index in [1.54, 1.807) is 12.2 Å². The number of hydrogen-bond donors (Lipinski definition) is 0. The summed E-state index contributed by atoms with van der Waals surface area (Å²) in [6.07, 6.45) is 6.96. The SMILES string of the molecule is C=C1CCCC12C(C)=CC(=O)C=C2C. The van der Waals surface area contributed by atoms with Crippen LogP contribution in [0.1, 0.15) is 33.1 Å². The lowest BCUT2D eigenvalue weighted by molar-refractivity contribution is -0.110. The van der Waals surface area contributed by atoms with Crippen LogP contribution in [0.25, 0.3) is 0 Å². The minimum Gasteiger partial charge on any atom is -0.290 e. The molecule has 0 aromatic rings. The van der Waals surface area contributed by atoms with Crippen molar-refractivity contribution in [2.24, 2.45) is 5.41 Å². The molecular formula is C13H16O. The van der Waals surface area contributed by atoms with Crippen molar-refractivity contribution in [1.29, 1.82) is 0 Å². The first-order chi connectivity index (χ1) is 6.57. The van der Waals surface area contributed by atoms with Gasteiger partial charge in [-0.1, -0.05) is 23.3 Å². The Hall–Kier alpha value is -1.11. The fourth-order valence-electron chi connectivity index (χ4n) is 2.93. The quantitative estimate of drug-likeness (QED) is 0.533. The minimum absolute atomic E-state index is 0.0356. The highest BCUT2D eigenvalue weighted by atomic mass is 16.1. The van der Waals surface area contributed by atoms with Crippen LogP contribution in [0.5, 0.6) is 0 Å². The molecule has 74 valence electrons. The van der Waals surface area contributed by atoms with Gasteiger partial charge >= 0.3 is 0 Å². The lowest BCUT2D eigenvalue weighted by Gasteiger charge is -2.35. The lowest BCUT2D eigenvalue weighted by Crippen LogP contribution is -2.25. The molecule has 2 aliphatic carbocycles. The summed E-state index contributed by atoms with van der Waals surface area (Å²) in [5.41, 5.74) is 3.69. The van der Waals surface area contributed by atoms with Gasteiger partial charge in [-0.05, 0) is 45.3 Å². The molecule has 0 N–H and O–H groups in total. The summed E-state index contributed by atoms with van der Waals surface area (Å²) in [4.78, 5) is 11.3. The molecule has 1 saturated carbocycles. The average molecular weight is 188 g/mol. The second-order valence-electron chi connectivity index (χ2n) is 4.42. The van der Waals surface area contributed by atoms with Crippen molar-refractivity contribution in [3.05, 3.63) is 35.5 Å². The van der Waals surface area contributed by atoms with Gasteiger partial charge in [0.25, 0.3) is 0 Å². The predicted octanol–water partition coefficient (Wildman–Crippen LogP) is 3.19. The highest BCUT2D eigenvalue weighted by Gasteiger charge is 2.41. The van der Waals surface area contributed by atoms with Crippen LogP contribution < -0.4 is 0 Å². The molecular weight excluding hydrogens is 172 g/mol. The third kappa shape index (κ3) is 1.05. The third-order valence-electron chi connectivity index (χ3n) is 3.70. The summed E-state index contributed by atoms with van der Waals surface area (Å²) >= 11 is 0. The maximum Gasteiger partial charge on any atom is 0.178 e. The zero-order valence-electron chi connectivity index (χ0n) is 8.89. The topological polar surface area (TPSA) is 17.1 Å². The monoisotopic (exact) mass is 188 g/mol. The molecule has 0 unspecified atom stereocenters. The summed E-state index contributed by atoms with van der Waals surface area (Å²) < 4.78 is 0. The Morgan fingerprint density at radius 1 is 1.29 bits per heavy atom. The molecule has 0 radical (unpaired) electrons. The van der Waals surface area contributed by atoms with Crippen molar-refractivity contribution >= 4 is 5.78 Å². The van der Waals surface area contributed by atoms with E-state index in [1.165, 1.54) is 23.1 Å². The summed E-state index contributed by atoms with van der Waals surface area (Å²) in [6.45, 7) is 8.28. The molecule has 1 nitrogen and oxygen atoms in total. The second kappa shape index (κ2) is 2.94. The summed E-state index contributed by atoms with van der Waals surface area (Å²) in [5, 5.41) is 0. The average Bonchev–Trinajstić information content (AvgIpc) is 2.45. The molecule has 1 heteroatoms. The van der Waals surface area contributed by atoms with Gasteiger partial charge in [0.15, 0.2) is 5.78 Å². The fraction of sp³-hybridized carbons (Fsp3) is 0.462. The van der Waals surface area contributed by atoms with E-state index in [9.17, 15) is 4.79 Å². The van der Waals surface area contributed by atoms with Gasteiger partial charge in [0, 0.05) is 5.41 Å². The zero-order valence-corrected chi connectivity index (χ0v) is 8.89. The fourth-order valence-corrected chi connectivity index (χ4v) is 2.93. The Labute approximate surface area is 85.2 Å². The standard InChI is InChI=1S/C13H16O/c1-9-5-4-6-13(9)10(2)7-12(14)8-11(13)3/h7-8H,1,4-6H2,2-3H3. The smallest absolute Gasteiger partial charge is 0.178 e. The van der Waals surface area contributed by atoms with E-state index in [0.717, 1.165) is 12.8 Å². The molecule has 2 aliphatic rings. The Bertz CT molecular complexity index is 347. The van der Waals surface area contributed by atoms with Crippen LogP contribution in [-0.2, 0) is 4.79 Å².